The number of anilines is 3. The predicted octanol–water partition coefficient (Wildman–Crippen LogP) is 5.69. The first-order valence-electron chi connectivity index (χ1n) is 12.8. The van der Waals surface area contributed by atoms with Crippen LogP contribution < -0.4 is 16.0 Å². The summed E-state index contributed by atoms with van der Waals surface area (Å²) < 4.78 is 81.6. The Kier molecular flexibility index (Phi) is 7.21. The van der Waals surface area contributed by atoms with Crippen molar-refractivity contribution in [3.05, 3.63) is 46.6 Å². The maximum atomic E-state index is 13.7. The van der Waals surface area contributed by atoms with Gasteiger partial charge in [0.05, 0.1) is 17.5 Å². The first-order chi connectivity index (χ1) is 18.4. The fourth-order valence-corrected chi connectivity index (χ4v) is 5.73. The molecule has 2 fully saturated rings. The van der Waals surface area contributed by atoms with E-state index in [4.69, 9.17) is 0 Å². The summed E-state index contributed by atoms with van der Waals surface area (Å²) in [6, 6.07) is 3.38. The zero-order valence-electron chi connectivity index (χ0n) is 20.8. The Morgan fingerprint density at radius 3 is 2.38 bits per heavy atom. The lowest BCUT2D eigenvalue weighted by Gasteiger charge is -2.38. The van der Waals surface area contributed by atoms with Gasteiger partial charge in [0.25, 0.3) is 5.91 Å². The van der Waals surface area contributed by atoms with Gasteiger partial charge in [-0.05, 0) is 68.6 Å². The minimum Gasteiger partial charge on any atom is -0.365 e. The molecule has 39 heavy (non-hydrogen) atoms. The molecule has 5 rings (SSSR count). The van der Waals surface area contributed by atoms with Gasteiger partial charge >= 0.3 is 12.4 Å². The number of hydrogen-bond acceptors (Lipinski definition) is 5. The summed E-state index contributed by atoms with van der Waals surface area (Å²) in [6.45, 7) is 1.78. The number of carbonyl (C=O) groups excluding carboxylic acids is 2. The Morgan fingerprint density at radius 2 is 1.69 bits per heavy atom. The quantitative estimate of drug-likeness (QED) is 0.413. The van der Waals surface area contributed by atoms with Crippen molar-refractivity contribution in [3.8, 4) is 0 Å². The van der Waals surface area contributed by atoms with Gasteiger partial charge in [0.2, 0.25) is 5.91 Å². The van der Waals surface area contributed by atoms with Gasteiger partial charge in [0.1, 0.15) is 11.5 Å². The fourth-order valence-electron chi connectivity index (χ4n) is 5.73. The number of nitrogens with one attached hydrogen (secondary N) is 3. The van der Waals surface area contributed by atoms with Crippen LogP contribution in [0.5, 0.6) is 0 Å². The molecule has 7 nitrogen and oxygen atoms in total. The summed E-state index contributed by atoms with van der Waals surface area (Å²) in [4.78, 5) is 31.0. The van der Waals surface area contributed by atoms with Gasteiger partial charge < -0.3 is 16.0 Å². The highest BCUT2D eigenvalue weighted by Gasteiger charge is 2.39. The first-order valence-corrected chi connectivity index (χ1v) is 12.8. The molecule has 2 aliphatic heterocycles. The largest absolute Gasteiger partial charge is 0.433 e. The average Bonchev–Trinajstić information content (AvgIpc) is 3.52. The standard InChI is InChI=1S/C26H27F6N5O2/c27-25(28,29)17-11-14(12-19-16(17)13-22(38)34-19)33-24(39)15-7-8-21(26(30,31)32)36-23(15)35-18-5-1-2-6-20(18)37-9-3-4-10-37/h7-8,11-12,18,20H,1-6,9-10,13H2,(H,33,39)(H,34,38)(H,35,36)/t18-,20+/m0/s1. The van der Waals surface area contributed by atoms with E-state index in [1.165, 1.54) is 6.07 Å². The number of fused-ring (bicyclic) bond motifs is 1. The van der Waals surface area contributed by atoms with Crippen LogP contribution in [0.15, 0.2) is 24.3 Å². The number of pyridine rings is 1. The highest BCUT2D eigenvalue weighted by atomic mass is 19.4. The predicted molar refractivity (Wildman–Crippen MR) is 131 cm³/mol. The molecule has 13 heteroatoms. The van der Waals surface area contributed by atoms with Gasteiger partial charge in [0, 0.05) is 23.5 Å². The third kappa shape index (κ3) is 5.82. The Labute approximate surface area is 220 Å². The number of likely N-dealkylation sites (tertiary alicyclic amines) is 1. The zero-order valence-corrected chi connectivity index (χ0v) is 20.8. The number of halogens is 6. The Balaban J connectivity index is 1.46. The van der Waals surface area contributed by atoms with E-state index in [1.807, 2.05) is 0 Å². The van der Waals surface area contributed by atoms with Crippen molar-refractivity contribution >= 4 is 29.0 Å². The molecule has 0 unspecified atom stereocenters. The van der Waals surface area contributed by atoms with Crippen molar-refractivity contribution < 1.29 is 35.9 Å². The molecule has 2 atom stereocenters. The molecular weight excluding hydrogens is 528 g/mol. The van der Waals surface area contributed by atoms with Crippen molar-refractivity contribution in [3.63, 3.8) is 0 Å². The van der Waals surface area contributed by atoms with Crippen molar-refractivity contribution in [2.24, 2.45) is 0 Å². The molecular formula is C26H27F6N5O2. The summed E-state index contributed by atoms with van der Waals surface area (Å²) in [7, 11) is 0. The lowest BCUT2D eigenvalue weighted by atomic mass is 9.89. The summed E-state index contributed by atoms with van der Waals surface area (Å²) >= 11 is 0. The van der Waals surface area contributed by atoms with Gasteiger partial charge in [0.15, 0.2) is 0 Å². The number of rotatable bonds is 5. The monoisotopic (exact) mass is 555 g/mol. The van der Waals surface area contributed by atoms with Crippen LogP contribution in [0.25, 0.3) is 0 Å². The van der Waals surface area contributed by atoms with Gasteiger partial charge in [-0.3, -0.25) is 14.5 Å². The van der Waals surface area contributed by atoms with Crippen LogP contribution in [-0.4, -0.2) is 46.9 Å². The van der Waals surface area contributed by atoms with E-state index in [0.29, 0.717) is 18.6 Å². The third-order valence-corrected chi connectivity index (χ3v) is 7.52. The topological polar surface area (TPSA) is 86.4 Å². The molecule has 0 radical (unpaired) electrons. The molecule has 210 valence electrons. The molecule has 2 aromatic rings. The lowest BCUT2D eigenvalue weighted by molar-refractivity contribution is -0.141. The van der Waals surface area contributed by atoms with Gasteiger partial charge in [-0.2, -0.15) is 26.3 Å². The number of alkyl halides is 6. The van der Waals surface area contributed by atoms with Gasteiger partial charge in [-0.25, -0.2) is 4.98 Å². The maximum absolute atomic E-state index is 13.7. The average molecular weight is 556 g/mol. The van der Waals surface area contributed by atoms with E-state index >= 15 is 0 Å². The molecule has 3 aliphatic rings. The van der Waals surface area contributed by atoms with E-state index in [2.05, 4.69) is 25.8 Å². The molecule has 2 amide bonds. The number of aromatic nitrogens is 1. The number of amides is 2. The highest BCUT2D eigenvalue weighted by Crippen LogP contribution is 2.40. The van der Waals surface area contributed by atoms with E-state index in [-0.39, 0.29) is 40.4 Å². The lowest BCUT2D eigenvalue weighted by Crippen LogP contribution is -2.48. The third-order valence-electron chi connectivity index (χ3n) is 7.52. The second-order valence-corrected chi connectivity index (χ2v) is 10.2. The summed E-state index contributed by atoms with van der Waals surface area (Å²) in [5.74, 6) is -1.81. The van der Waals surface area contributed by atoms with Crippen molar-refractivity contribution in [2.75, 3.05) is 29.0 Å². The normalized spacial score (nSPS) is 21.9. The van der Waals surface area contributed by atoms with Crippen LogP contribution in [-0.2, 0) is 23.6 Å². The van der Waals surface area contributed by atoms with Gasteiger partial charge in [-0.15, -0.1) is 0 Å². The minimum absolute atomic E-state index is 0.0724. The minimum atomic E-state index is -4.79. The number of hydrogen-bond donors (Lipinski definition) is 3. The van der Waals surface area contributed by atoms with Crippen molar-refractivity contribution in [2.45, 2.75) is 69.4 Å². The number of nitrogens with zero attached hydrogens (tertiary/aromatic N) is 2. The van der Waals surface area contributed by atoms with E-state index in [0.717, 1.165) is 51.3 Å². The smallest absolute Gasteiger partial charge is 0.365 e. The van der Waals surface area contributed by atoms with Crippen LogP contribution in [0.2, 0.25) is 0 Å². The summed E-state index contributed by atoms with van der Waals surface area (Å²) in [5, 5.41) is 7.78. The fraction of sp³-hybridized carbons (Fsp3) is 0.500. The summed E-state index contributed by atoms with van der Waals surface area (Å²) in [5.41, 5.74) is -3.06. The number of carbonyl (C=O) groups is 2. The number of benzene rings is 1. The van der Waals surface area contributed by atoms with Crippen molar-refractivity contribution in [1.82, 2.24) is 9.88 Å². The first kappa shape index (κ1) is 27.2. The molecule has 0 bridgehead atoms. The second-order valence-electron chi connectivity index (χ2n) is 10.2. The molecule has 1 aromatic heterocycles. The van der Waals surface area contributed by atoms with Crippen LogP contribution in [0.1, 0.15) is 65.7 Å². The van der Waals surface area contributed by atoms with E-state index in [1.54, 1.807) is 0 Å². The molecule has 1 aliphatic carbocycles. The van der Waals surface area contributed by atoms with Crippen LogP contribution in [0, 0.1) is 0 Å². The molecule has 1 saturated carbocycles. The van der Waals surface area contributed by atoms with Crippen LogP contribution in [0.3, 0.4) is 0 Å². The maximum Gasteiger partial charge on any atom is 0.433 e. The van der Waals surface area contributed by atoms with E-state index in [9.17, 15) is 35.9 Å². The Bertz CT molecular complexity index is 1270. The highest BCUT2D eigenvalue weighted by molar-refractivity contribution is 6.08. The van der Waals surface area contributed by atoms with Crippen molar-refractivity contribution in [1.29, 1.82) is 0 Å². The Hall–Kier alpha value is -3.35. The zero-order chi connectivity index (χ0) is 27.9. The van der Waals surface area contributed by atoms with E-state index < -0.39 is 41.8 Å². The van der Waals surface area contributed by atoms with Gasteiger partial charge in [-0.1, -0.05) is 12.8 Å². The molecule has 1 saturated heterocycles. The van der Waals surface area contributed by atoms with Crippen LogP contribution >= 0.6 is 0 Å². The second kappa shape index (κ2) is 10.3. The molecule has 3 N–H and O–H groups in total. The molecule has 1 aromatic carbocycles. The summed E-state index contributed by atoms with van der Waals surface area (Å²) in [6.07, 6.45) is -4.52. The Morgan fingerprint density at radius 1 is 0.974 bits per heavy atom. The molecule has 0 spiro atoms. The molecule has 3 heterocycles. The SMILES string of the molecule is O=C1Cc2c(cc(NC(=O)c3ccc(C(F)(F)F)nc3N[C@H]3CCCC[C@H]3N3CCCC3)cc2C(F)(F)F)N1. The van der Waals surface area contributed by atoms with Crippen LogP contribution in [0.4, 0.5) is 43.5 Å².